The summed E-state index contributed by atoms with van der Waals surface area (Å²) < 4.78 is 6.31. The highest BCUT2D eigenvalue weighted by molar-refractivity contribution is 9.10. The summed E-state index contributed by atoms with van der Waals surface area (Å²) in [5.74, 6) is -0.276. The van der Waals surface area contributed by atoms with Gasteiger partial charge in [-0.2, -0.15) is 0 Å². The summed E-state index contributed by atoms with van der Waals surface area (Å²) in [5, 5.41) is 8.85. The first kappa shape index (κ1) is 17.9. The smallest absolute Gasteiger partial charge is 0.252 e. The zero-order chi connectivity index (χ0) is 16.7. The average Bonchev–Trinajstić information content (AvgIpc) is 2.58. The Morgan fingerprint density at radius 3 is 2.61 bits per heavy atom. The molecule has 1 aromatic rings. The topological polar surface area (TPSA) is 79.5 Å². The number of carbonyl (C=O) groups is 2. The van der Waals surface area contributed by atoms with Gasteiger partial charge in [0, 0.05) is 30.2 Å². The Kier molecular flexibility index (Phi) is 6.56. The lowest BCUT2D eigenvalue weighted by Gasteiger charge is -2.34. The van der Waals surface area contributed by atoms with Crippen LogP contribution in [0.1, 0.15) is 23.2 Å². The number of hydrogen-bond donors (Lipinski definition) is 3. The summed E-state index contributed by atoms with van der Waals surface area (Å²) in [7, 11) is 1.57. The Bertz CT molecular complexity index is 559. The maximum Gasteiger partial charge on any atom is 0.252 e. The maximum absolute atomic E-state index is 12.3. The van der Waals surface area contributed by atoms with Crippen molar-refractivity contribution in [2.45, 2.75) is 18.4 Å². The van der Waals surface area contributed by atoms with Crippen LogP contribution in [0.4, 0.5) is 0 Å². The van der Waals surface area contributed by atoms with E-state index in [1.807, 2.05) is 6.07 Å². The second-order valence-electron chi connectivity index (χ2n) is 5.47. The molecule has 1 saturated heterocycles. The number of halogens is 1. The summed E-state index contributed by atoms with van der Waals surface area (Å²) in [5.41, 5.74) is -0.170. The van der Waals surface area contributed by atoms with E-state index in [2.05, 4.69) is 31.9 Å². The van der Waals surface area contributed by atoms with Crippen molar-refractivity contribution in [2.75, 3.05) is 33.3 Å². The fourth-order valence-electron chi connectivity index (χ4n) is 2.60. The van der Waals surface area contributed by atoms with Crippen LogP contribution in [0, 0.1) is 0 Å². The van der Waals surface area contributed by atoms with Gasteiger partial charge >= 0.3 is 0 Å². The fourth-order valence-corrected chi connectivity index (χ4v) is 3.00. The molecule has 1 fully saturated rings. The molecule has 1 heterocycles. The van der Waals surface area contributed by atoms with Crippen molar-refractivity contribution >= 4 is 27.7 Å². The molecule has 7 heteroatoms. The van der Waals surface area contributed by atoms with Crippen molar-refractivity contribution in [1.29, 1.82) is 0 Å². The minimum Gasteiger partial charge on any atom is -0.368 e. The Hall–Kier alpha value is -1.44. The number of piperidine rings is 1. The molecule has 0 bridgehead atoms. The predicted octanol–water partition coefficient (Wildman–Crippen LogP) is 1.06. The van der Waals surface area contributed by atoms with Crippen LogP contribution in [-0.2, 0) is 9.53 Å². The largest absolute Gasteiger partial charge is 0.368 e. The van der Waals surface area contributed by atoms with Crippen LogP contribution >= 0.6 is 15.9 Å². The molecule has 0 unspecified atom stereocenters. The summed E-state index contributed by atoms with van der Waals surface area (Å²) in [4.78, 5) is 24.3. The number of ether oxygens (including phenoxy) is 1. The van der Waals surface area contributed by atoms with E-state index in [0.717, 1.165) is 17.6 Å². The lowest BCUT2D eigenvalue weighted by Crippen LogP contribution is -2.54. The van der Waals surface area contributed by atoms with E-state index in [4.69, 9.17) is 4.74 Å². The summed E-state index contributed by atoms with van der Waals surface area (Å²) in [6.45, 7) is 2.27. The Balaban J connectivity index is 1.76. The van der Waals surface area contributed by atoms with E-state index in [9.17, 15) is 9.59 Å². The van der Waals surface area contributed by atoms with Gasteiger partial charge in [-0.15, -0.1) is 0 Å². The molecule has 0 saturated carbocycles. The molecule has 0 spiro atoms. The molecule has 0 atom stereocenters. The fraction of sp³-hybridized carbons (Fsp3) is 0.500. The van der Waals surface area contributed by atoms with Crippen LogP contribution in [0.15, 0.2) is 28.7 Å². The maximum atomic E-state index is 12.3. The molecule has 1 aliphatic heterocycles. The SMILES string of the molecule is COC1(C(=O)NCCNC(=O)c2cccc(Br)c2)CCNCC1. The van der Waals surface area contributed by atoms with Crippen LogP contribution in [0.3, 0.4) is 0 Å². The third-order valence-corrected chi connectivity index (χ3v) is 4.49. The number of hydrogen-bond acceptors (Lipinski definition) is 4. The van der Waals surface area contributed by atoms with Crippen molar-refractivity contribution in [3.8, 4) is 0 Å². The molecule has 2 amide bonds. The normalized spacial score (nSPS) is 16.6. The molecule has 23 heavy (non-hydrogen) atoms. The van der Waals surface area contributed by atoms with E-state index >= 15 is 0 Å². The minimum absolute atomic E-state index is 0.113. The van der Waals surface area contributed by atoms with Crippen LogP contribution in [0.5, 0.6) is 0 Å². The molecule has 0 radical (unpaired) electrons. The number of carbonyl (C=O) groups excluding carboxylic acids is 2. The van der Waals surface area contributed by atoms with Gasteiger partial charge in [-0.05, 0) is 44.1 Å². The van der Waals surface area contributed by atoms with Gasteiger partial charge in [0.15, 0.2) is 0 Å². The quantitative estimate of drug-likeness (QED) is 0.641. The highest BCUT2D eigenvalue weighted by atomic mass is 79.9. The molecule has 0 aromatic heterocycles. The number of amides is 2. The van der Waals surface area contributed by atoms with Gasteiger partial charge in [-0.3, -0.25) is 9.59 Å². The molecule has 0 aliphatic carbocycles. The van der Waals surface area contributed by atoms with E-state index in [-0.39, 0.29) is 11.8 Å². The van der Waals surface area contributed by atoms with Gasteiger partial charge in [-0.1, -0.05) is 22.0 Å². The Morgan fingerprint density at radius 1 is 1.26 bits per heavy atom. The third-order valence-electron chi connectivity index (χ3n) is 4.00. The first-order valence-corrected chi connectivity index (χ1v) is 8.45. The standard InChI is InChI=1S/C16H22BrN3O3/c1-23-16(5-7-18-8-6-16)15(22)20-10-9-19-14(21)12-3-2-4-13(17)11-12/h2-4,11,18H,5-10H2,1H3,(H,19,21)(H,20,22). The Labute approximate surface area is 144 Å². The second-order valence-corrected chi connectivity index (χ2v) is 6.39. The Morgan fingerprint density at radius 2 is 1.96 bits per heavy atom. The second kappa shape index (κ2) is 8.42. The zero-order valence-electron chi connectivity index (χ0n) is 13.2. The molecule has 1 aliphatic rings. The third kappa shape index (κ3) is 4.76. The van der Waals surface area contributed by atoms with Crippen LogP contribution < -0.4 is 16.0 Å². The average molecular weight is 384 g/mol. The lowest BCUT2D eigenvalue weighted by molar-refractivity contribution is -0.146. The van der Waals surface area contributed by atoms with Gasteiger partial charge in [0.1, 0.15) is 5.60 Å². The molecule has 3 N–H and O–H groups in total. The van der Waals surface area contributed by atoms with Gasteiger partial charge < -0.3 is 20.7 Å². The molecular formula is C16H22BrN3O3. The van der Waals surface area contributed by atoms with Crippen molar-refractivity contribution in [3.63, 3.8) is 0 Å². The summed E-state index contributed by atoms with van der Waals surface area (Å²) in [6, 6.07) is 7.16. The van der Waals surface area contributed by atoms with E-state index in [0.29, 0.717) is 31.5 Å². The molecular weight excluding hydrogens is 362 g/mol. The number of nitrogens with one attached hydrogen (secondary N) is 3. The molecule has 126 valence electrons. The highest BCUT2D eigenvalue weighted by Gasteiger charge is 2.39. The number of methoxy groups -OCH3 is 1. The van der Waals surface area contributed by atoms with E-state index in [1.165, 1.54) is 0 Å². The highest BCUT2D eigenvalue weighted by Crippen LogP contribution is 2.22. The van der Waals surface area contributed by atoms with Crippen molar-refractivity contribution in [1.82, 2.24) is 16.0 Å². The van der Waals surface area contributed by atoms with Crippen LogP contribution in [0.2, 0.25) is 0 Å². The van der Waals surface area contributed by atoms with Crippen molar-refractivity contribution < 1.29 is 14.3 Å². The van der Waals surface area contributed by atoms with Gasteiger partial charge in [0.25, 0.3) is 11.8 Å². The molecule has 2 rings (SSSR count). The minimum atomic E-state index is -0.750. The van der Waals surface area contributed by atoms with E-state index < -0.39 is 5.60 Å². The van der Waals surface area contributed by atoms with Gasteiger partial charge in [0.05, 0.1) is 0 Å². The van der Waals surface area contributed by atoms with Gasteiger partial charge in [-0.25, -0.2) is 0 Å². The monoisotopic (exact) mass is 383 g/mol. The first-order valence-electron chi connectivity index (χ1n) is 7.65. The summed E-state index contributed by atoms with van der Waals surface area (Å²) in [6.07, 6.45) is 1.31. The van der Waals surface area contributed by atoms with Crippen molar-refractivity contribution in [3.05, 3.63) is 34.3 Å². The first-order chi connectivity index (χ1) is 11.1. The predicted molar refractivity (Wildman–Crippen MR) is 91.3 cm³/mol. The zero-order valence-corrected chi connectivity index (χ0v) is 14.7. The summed E-state index contributed by atoms with van der Waals surface area (Å²) >= 11 is 3.33. The van der Waals surface area contributed by atoms with Crippen LogP contribution in [0.25, 0.3) is 0 Å². The number of rotatable bonds is 6. The molecule has 1 aromatic carbocycles. The van der Waals surface area contributed by atoms with Gasteiger partial charge in [0.2, 0.25) is 0 Å². The van der Waals surface area contributed by atoms with Crippen LogP contribution in [-0.4, -0.2) is 50.7 Å². The lowest BCUT2D eigenvalue weighted by atomic mass is 9.91. The number of benzene rings is 1. The van der Waals surface area contributed by atoms with E-state index in [1.54, 1.807) is 25.3 Å². The molecule has 6 nitrogen and oxygen atoms in total. The van der Waals surface area contributed by atoms with Crippen molar-refractivity contribution in [2.24, 2.45) is 0 Å².